The fourth-order valence-electron chi connectivity index (χ4n) is 3.48. The minimum absolute atomic E-state index is 0.101. The van der Waals surface area contributed by atoms with Gasteiger partial charge < -0.3 is 9.47 Å². The van der Waals surface area contributed by atoms with Crippen LogP contribution in [0.1, 0.15) is 30.4 Å². The number of rotatable bonds is 8. The van der Waals surface area contributed by atoms with E-state index < -0.39 is 40.2 Å². The predicted molar refractivity (Wildman–Crippen MR) is 114 cm³/mol. The number of nitro groups is 2. The Morgan fingerprint density at radius 1 is 0.771 bits per heavy atom. The molecule has 0 heterocycles. The van der Waals surface area contributed by atoms with Gasteiger partial charge in [0.05, 0.1) is 9.85 Å². The molecule has 0 aromatic heterocycles. The molecular formula is C22H16F4N2O7. The van der Waals surface area contributed by atoms with E-state index >= 15 is 0 Å². The minimum Gasteiger partial charge on any atom is -0.434 e. The summed E-state index contributed by atoms with van der Waals surface area (Å²) in [5.74, 6) is -1.35. The molecule has 0 saturated heterocycles. The summed E-state index contributed by atoms with van der Waals surface area (Å²) in [6.07, 6.45) is 3.15. The fraction of sp³-hybridized carbons (Fsp3) is 0.227. The third-order valence-electron chi connectivity index (χ3n) is 4.98. The van der Waals surface area contributed by atoms with Gasteiger partial charge in [0.15, 0.2) is 5.78 Å². The lowest BCUT2D eigenvalue weighted by atomic mass is 9.86. The van der Waals surface area contributed by atoms with Crippen molar-refractivity contribution in [1.82, 2.24) is 0 Å². The first kappa shape index (κ1) is 25.3. The summed E-state index contributed by atoms with van der Waals surface area (Å²) in [5, 5.41) is 22.2. The number of carbonyl (C=O) groups excluding carboxylic acids is 1. The number of hydrogen-bond acceptors (Lipinski definition) is 7. The molecule has 0 unspecified atom stereocenters. The topological polar surface area (TPSA) is 122 Å². The zero-order valence-electron chi connectivity index (χ0n) is 17.7. The lowest BCUT2D eigenvalue weighted by Crippen LogP contribution is -2.13. The largest absolute Gasteiger partial charge is 0.434 e. The molecule has 13 heteroatoms. The van der Waals surface area contributed by atoms with E-state index in [0.717, 1.165) is 36.4 Å². The molecule has 2 aromatic rings. The van der Waals surface area contributed by atoms with Crippen LogP contribution < -0.4 is 9.47 Å². The van der Waals surface area contributed by atoms with Crippen LogP contribution in [0.5, 0.6) is 11.5 Å². The molecule has 0 aliphatic heterocycles. The second-order valence-corrected chi connectivity index (χ2v) is 7.24. The van der Waals surface area contributed by atoms with E-state index in [4.69, 9.17) is 0 Å². The first-order valence-electron chi connectivity index (χ1n) is 9.97. The van der Waals surface area contributed by atoms with Crippen LogP contribution in [0.3, 0.4) is 0 Å². The number of allylic oxidation sites excluding steroid dienone is 2. The summed E-state index contributed by atoms with van der Waals surface area (Å²) in [4.78, 5) is 33.8. The molecule has 2 aromatic carbocycles. The monoisotopic (exact) mass is 496 g/mol. The molecule has 35 heavy (non-hydrogen) atoms. The summed E-state index contributed by atoms with van der Waals surface area (Å²) >= 11 is 0. The number of ether oxygens (including phenoxy) is 2. The van der Waals surface area contributed by atoms with Crippen molar-refractivity contribution in [2.45, 2.75) is 32.5 Å². The maximum absolute atomic E-state index is 13.1. The molecule has 3 rings (SSSR count). The molecule has 0 amide bonds. The molecule has 1 saturated carbocycles. The number of Topliss-reactive ketones (excluding diaryl/α,β-unsaturated/α-hetero) is 1. The second-order valence-electron chi connectivity index (χ2n) is 7.24. The van der Waals surface area contributed by atoms with Gasteiger partial charge in [0.1, 0.15) is 11.5 Å². The number of ketones is 1. The van der Waals surface area contributed by atoms with E-state index in [0.29, 0.717) is 6.42 Å². The van der Waals surface area contributed by atoms with E-state index in [-0.39, 0.29) is 46.6 Å². The van der Waals surface area contributed by atoms with Crippen molar-refractivity contribution in [3.8, 4) is 11.5 Å². The third-order valence-corrected chi connectivity index (χ3v) is 4.98. The first-order valence-corrected chi connectivity index (χ1v) is 9.97. The molecule has 1 aliphatic carbocycles. The summed E-state index contributed by atoms with van der Waals surface area (Å²) in [5.41, 5.74) is -0.874. The van der Waals surface area contributed by atoms with E-state index in [2.05, 4.69) is 9.47 Å². The number of nitrogens with zero attached hydrogens (tertiary/aromatic N) is 2. The summed E-state index contributed by atoms with van der Waals surface area (Å²) < 4.78 is 59.9. The van der Waals surface area contributed by atoms with Gasteiger partial charge in [0.25, 0.3) is 11.4 Å². The van der Waals surface area contributed by atoms with Crippen molar-refractivity contribution >= 4 is 29.3 Å². The lowest BCUT2D eigenvalue weighted by molar-refractivity contribution is -0.385. The van der Waals surface area contributed by atoms with Gasteiger partial charge in [-0.25, -0.2) is 0 Å². The highest BCUT2D eigenvalue weighted by molar-refractivity contribution is 6.14. The van der Waals surface area contributed by atoms with Crippen LogP contribution in [-0.2, 0) is 4.79 Å². The first-order chi connectivity index (χ1) is 16.5. The molecular weight excluding hydrogens is 480 g/mol. The van der Waals surface area contributed by atoms with E-state index in [1.54, 1.807) is 0 Å². The maximum Gasteiger partial charge on any atom is 0.387 e. The van der Waals surface area contributed by atoms with Gasteiger partial charge >= 0.3 is 13.2 Å². The smallest absolute Gasteiger partial charge is 0.387 e. The SMILES string of the molecule is O=C1/C(=C\c2cc([N+](=O)[O-])ccc2OC(F)F)CCC/C1=C\c1cc([N+](=O)[O-])ccc1OC(F)F. The molecule has 184 valence electrons. The quantitative estimate of drug-likeness (QED) is 0.192. The van der Waals surface area contributed by atoms with Gasteiger partial charge in [-0.05, 0) is 43.5 Å². The predicted octanol–water partition coefficient (Wildman–Crippen LogP) is 5.93. The molecule has 0 atom stereocenters. The van der Waals surface area contributed by atoms with Crippen LogP contribution in [0.25, 0.3) is 12.2 Å². The fourth-order valence-corrected chi connectivity index (χ4v) is 3.48. The van der Waals surface area contributed by atoms with E-state index in [1.165, 1.54) is 12.2 Å². The van der Waals surface area contributed by atoms with Crippen molar-refractivity contribution < 1.29 is 41.7 Å². The number of carbonyl (C=O) groups is 1. The zero-order valence-corrected chi connectivity index (χ0v) is 17.7. The number of benzene rings is 2. The Hall–Kier alpha value is -4.29. The van der Waals surface area contributed by atoms with Gasteiger partial charge in [0, 0.05) is 46.5 Å². The Labute approximate surface area is 194 Å². The molecule has 0 spiro atoms. The van der Waals surface area contributed by atoms with Crippen molar-refractivity contribution in [3.63, 3.8) is 0 Å². The average Bonchev–Trinajstić information content (AvgIpc) is 2.77. The Bertz CT molecular complexity index is 1140. The number of non-ortho nitro benzene ring substituents is 2. The van der Waals surface area contributed by atoms with Crippen molar-refractivity contribution in [3.05, 3.63) is 78.9 Å². The maximum atomic E-state index is 13.1. The Balaban J connectivity index is 2.03. The number of nitro benzene ring substituents is 2. The molecule has 1 fully saturated rings. The van der Waals surface area contributed by atoms with Gasteiger partial charge in [-0.1, -0.05) is 0 Å². The standard InChI is InChI=1S/C22H16F4N2O7/c23-21(24)34-18-6-4-16(27(30)31)10-14(18)8-12-2-1-3-13(20(12)29)9-15-11-17(28(32)33)5-7-19(15)35-22(25)26/h4-11,21-22H,1-3H2/b12-8-,13-9+. The summed E-state index contributed by atoms with van der Waals surface area (Å²) in [6, 6.07) is 5.87. The van der Waals surface area contributed by atoms with Crippen molar-refractivity contribution in [2.24, 2.45) is 0 Å². The highest BCUT2D eigenvalue weighted by atomic mass is 19.3. The van der Waals surface area contributed by atoms with Crippen molar-refractivity contribution in [1.29, 1.82) is 0 Å². The Morgan fingerprint density at radius 3 is 1.51 bits per heavy atom. The van der Waals surface area contributed by atoms with Crippen LogP contribution in [0.4, 0.5) is 28.9 Å². The normalized spacial score (nSPS) is 16.2. The molecule has 0 N–H and O–H groups in total. The van der Waals surface area contributed by atoms with Gasteiger partial charge in [-0.2, -0.15) is 17.6 Å². The van der Waals surface area contributed by atoms with Crippen LogP contribution >= 0.6 is 0 Å². The molecule has 0 bridgehead atoms. The van der Waals surface area contributed by atoms with Crippen LogP contribution in [0, 0.1) is 20.2 Å². The van der Waals surface area contributed by atoms with Crippen molar-refractivity contribution in [2.75, 3.05) is 0 Å². The average molecular weight is 496 g/mol. The zero-order chi connectivity index (χ0) is 25.7. The summed E-state index contributed by atoms with van der Waals surface area (Å²) in [6.45, 7) is -6.43. The molecule has 1 aliphatic rings. The Morgan fingerprint density at radius 2 is 1.17 bits per heavy atom. The second kappa shape index (κ2) is 10.8. The molecule has 9 nitrogen and oxygen atoms in total. The van der Waals surface area contributed by atoms with E-state index in [1.807, 2.05) is 0 Å². The van der Waals surface area contributed by atoms with Gasteiger partial charge in [-0.3, -0.25) is 25.0 Å². The third kappa shape index (κ3) is 6.40. The van der Waals surface area contributed by atoms with Crippen LogP contribution in [0.2, 0.25) is 0 Å². The number of hydrogen-bond donors (Lipinski definition) is 0. The minimum atomic E-state index is -3.21. The number of halogens is 4. The van der Waals surface area contributed by atoms with Gasteiger partial charge in [0.2, 0.25) is 0 Å². The lowest BCUT2D eigenvalue weighted by Gasteiger charge is -2.18. The Kier molecular flexibility index (Phi) is 7.79. The molecule has 0 radical (unpaired) electrons. The number of alkyl halides is 4. The van der Waals surface area contributed by atoms with E-state index in [9.17, 15) is 42.6 Å². The highest BCUT2D eigenvalue weighted by Crippen LogP contribution is 2.34. The van der Waals surface area contributed by atoms with Crippen LogP contribution in [-0.4, -0.2) is 28.9 Å². The van der Waals surface area contributed by atoms with Crippen LogP contribution in [0.15, 0.2) is 47.5 Å². The van der Waals surface area contributed by atoms with Gasteiger partial charge in [-0.15, -0.1) is 0 Å². The summed E-state index contributed by atoms with van der Waals surface area (Å²) in [7, 11) is 0. The highest BCUT2D eigenvalue weighted by Gasteiger charge is 2.24.